The number of aromatic nitrogens is 1. The van der Waals surface area contributed by atoms with Crippen molar-refractivity contribution >= 4 is 84.8 Å². The lowest BCUT2D eigenvalue weighted by Gasteiger charge is -2.38. The maximum absolute atomic E-state index is 4.06. The van der Waals surface area contributed by atoms with Crippen LogP contribution >= 0.6 is 22.7 Å². The zero-order valence-electron chi connectivity index (χ0n) is 24.2. The normalized spacial score (nSPS) is 21.8. The predicted octanol–water partition coefficient (Wildman–Crippen LogP) is 10.5. The molecule has 0 radical (unpaired) electrons. The van der Waals surface area contributed by atoms with Crippen LogP contribution in [0, 0.1) is 5.92 Å². The highest BCUT2D eigenvalue weighted by Crippen LogP contribution is 2.52. The number of thiophene rings is 2. The number of allylic oxidation sites excluding steroid dienone is 6. The Hall–Kier alpha value is -4.42. The molecule has 3 unspecified atom stereocenters. The molecule has 4 aromatic carbocycles. The molecule has 0 spiro atoms. The Bertz CT molecular complexity index is 2510. The van der Waals surface area contributed by atoms with Gasteiger partial charge < -0.3 is 9.88 Å². The zero-order chi connectivity index (χ0) is 28.9. The molecule has 7 aromatic rings. The van der Waals surface area contributed by atoms with Gasteiger partial charge in [0.25, 0.3) is 0 Å². The quantitative estimate of drug-likeness (QED) is 0.206. The molecule has 3 nitrogen and oxygen atoms in total. The minimum Gasteiger partial charge on any atom is -0.352 e. The number of benzene rings is 4. The fourth-order valence-corrected chi connectivity index (χ4v) is 10.3. The summed E-state index contributed by atoms with van der Waals surface area (Å²) in [6, 6.07) is 27.1. The van der Waals surface area contributed by atoms with Gasteiger partial charge in [0, 0.05) is 47.4 Å². The van der Waals surface area contributed by atoms with Crippen LogP contribution in [0.5, 0.6) is 0 Å². The Kier molecular flexibility index (Phi) is 5.27. The molecule has 2 N–H and O–H groups in total. The highest BCUT2D eigenvalue weighted by molar-refractivity contribution is 7.33. The van der Waals surface area contributed by atoms with E-state index in [0.717, 1.165) is 6.42 Å². The number of fused-ring (bicyclic) bond motifs is 13. The molecule has 0 fully saturated rings. The monoisotopic (exact) mass is 603 g/mol. The van der Waals surface area contributed by atoms with Crippen LogP contribution in [0.15, 0.2) is 132 Å². The molecular weight excluding hydrogens is 575 g/mol. The third kappa shape index (κ3) is 3.40. The van der Waals surface area contributed by atoms with Gasteiger partial charge in [-0.1, -0.05) is 104 Å². The third-order valence-electron chi connectivity index (χ3n) is 9.59. The van der Waals surface area contributed by atoms with Gasteiger partial charge in [-0.2, -0.15) is 0 Å². The molecular formula is C39H29N3S2. The van der Waals surface area contributed by atoms with Crippen LogP contribution in [-0.2, 0) is 0 Å². The number of nitrogens with zero attached hydrogens (tertiary/aromatic N) is 1. The number of hydrogen-bond acceptors (Lipinski definition) is 4. The van der Waals surface area contributed by atoms with Gasteiger partial charge in [-0.3, -0.25) is 5.32 Å². The first-order chi connectivity index (χ1) is 21.7. The van der Waals surface area contributed by atoms with E-state index in [9.17, 15) is 0 Å². The minimum absolute atomic E-state index is 0.125. The summed E-state index contributed by atoms with van der Waals surface area (Å²) in [7, 11) is 0. The van der Waals surface area contributed by atoms with E-state index < -0.39 is 0 Å². The lowest BCUT2D eigenvalue weighted by molar-refractivity contribution is 0.341. The molecule has 212 valence electrons. The van der Waals surface area contributed by atoms with Gasteiger partial charge in [0.05, 0.1) is 26.5 Å². The molecule has 5 heteroatoms. The summed E-state index contributed by atoms with van der Waals surface area (Å²) in [5.41, 5.74) is 6.51. The van der Waals surface area contributed by atoms with Crippen molar-refractivity contribution in [2.24, 2.45) is 5.92 Å². The van der Waals surface area contributed by atoms with E-state index >= 15 is 0 Å². The van der Waals surface area contributed by atoms with Crippen LogP contribution in [0.25, 0.3) is 62.2 Å². The van der Waals surface area contributed by atoms with Crippen molar-refractivity contribution in [1.82, 2.24) is 15.2 Å². The maximum Gasteiger partial charge on any atom is 0.160 e. The minimum atomic E-state index is -0.136. The largest absolute Gasteiger partial charge is 0.352 e. The molecule has 0 bridgehead atoms. The van der Waals surface area contributed by atoms with Crippen LogP contribution in [0.3, 0.4) is 0 Å². The molecule has 0 saturated carbocycles. The lowest BCUT2D eigenvalue weighted by atomic mass is 9.88. The molecule has 2 aliphatic carbocycles. The summed E-state index contributed by atoms with van der Waals surface area (Å²) in [6.07, 6.45) is 16.7. The maximum atomic E-state index is 4.06. The average molecular weight is 604 g/mol. The van der Waals surface area contributed by atoms with Crippen molar-refractivity contribution in [2.45, 2.75) is 25.7 Å². The first-order valence-corrected chi connectivity index (χ1v) is 17.0. The van der Waals surface area contributed by atoms with Crippen LogP contribution in [0.2, 0.25) is 0 Å². The Morgan fingerprint density at radius 3 is 2.23 bits per heavy atom. The van der Waals surface area contributed by atoms with E-state index in [1.165, 1.54) is 79.0 Å². The van der Waals surface area contributed by atoms with Crippen molar-refractivity contribution in [1.29, 1.82) is 0 Å². The molecule has 0 amide bonds. The van der Waals surface area contributed by atoms with Gasteiger partial charge in [0.15, 0.2) is 6.29 Å². The van der Waals surface area contributed by atoms with Crippen LogP contribution in [0.1, 0.15) is 19.6 Å². The second kappa shape index (κ2) is 9.29. The highest BCUT2D eigenvalue weighted by Gasteiger charge is 2.33. The summed E-state index contributed by atoms with van der Waals surface area (Å²) in [5.74, 6) is 0.519. The molecule has 4 heterocycles. The van der Waals surface area contributed by atoms with Gasteiger partial charge in [0.2, 0.25) is 0 Å². The first kappa shape index (κ1) is 25.0. The molecule has 10 rings (SSSR count). The van der Waals surface area contributed by atoms with E-state index in [0.29, 0.717) is 5.92 Å². The number of hydrogen-bond donors (Lipinski definition) is 2. The van der Waals surface area contributed by atoms with Gasteiger partial charge in [-0.05, 0) is 41.7 Å². The van der Waals surface area contributed by atoms with E-state index in [1.807, 2.05) is 22.7 Å². The Balaban J connectivity index is 1.36. The summed E-state index contributed by atoms with van der Waals surface area (Å²) < 4.78 is 8.05. The second-order valence-corrected chi connectivity index (χ2v) is 14.3. The average Bonchev–Trinajstić information content (AvgIpc) is 3.74. The summed E-state index contributed by atoms with van der Waals surface area (Å²) in [5, 5.41) is 16.2. The van der Waals surface area contributed by atoms with Crippen LogP contribution in [-0.4, -0.2) is 10.6 Å². The molecule has 3 aliphatic rings. The topological polar surface area (TPSA) is 29.0 Å². The zero-order valence-corrected chi connectivity index (χ0v) is 25.8. The van der Waals surface area contributed by atoms with Gasteiger partial charge >= 0.3 is 0 Å². The lowest BCUT2D eigenvalue weighted by Crippen LogP contribution is -2.49. The molecule has 1 aliphatic heterocycles. The molecule has 0 saturated heterocycles. The molecule has 44 heavy (non-hydrogen) atoms. The fraction of sp³-hybridized carbons (Fsp3) is 0.128. The number of nitrogens with one attached hydrogen (secondary N) is 2. The van der Waals surface area contributed by atoms with Crippen LogP contribution < -0.4 is 10.6 Å². The highest BCUT2D eigenvalue weighted by atomic mass is 32.1. The Labute approximate surface area is 262 Å². The fourth-order valence-electron chi connectivity index (χ4n) is 7.73. The number of rotatable bonds is 2. The van der Waals surface area contributed by atoms with Crippen molar-refractivity contribution in [3.8, 4) is 0 Å². The first-order valence-electron chi connectivity index (χ1n) is 15.4. The SMILES string of the molecule is CC1C=CC=C(C2=C3C=CC=CC3NC(n3c4ccccc4c4c5c6ccccc6sc5c5sc6ccccc6c5c43)N2)C1. The predicted molar refractivity (Wildman–Crippen MR) is 191 cm³/mol. The van der Waals surface area contributed by atoms with E-state index in [1.54, 1.807) is 0 Å². The standard InChI is InChI=1S/C39H29N3S2/c1-22-11-10-12-23(21-22)35-24-13-2-6-17-28(24)40-39(41-35)42-29-18-7-3-14-25(29)32-33-26-15-4-8-19-30(26)43-37(33)38-34(36(32)42)27-16-5-9-20-31(27)44-38/h2-20,22,28,39-41H,21H2,1H3. The third-order valence-corrected chi connectivity index (χ3v) is 12.1. The summed E-state index contributed by atoms with van der Waals surface area (Å²) >= 11 is 3.88. The van der Waals surface area contributed by atoms with Crippen molar-refractivity contribution in [3.63, 3.8) is 0 Å². The van der Waals surface area contributed by atoms with Crippen molar-refractivity contribution < 1.29 is 0 Å². The van der Waals surface area contributed by atoms with Gasteiger partial charge in [-0.25, -0.2) is 0 Å². The molecule has 3 aromatic heterocycles. The summed E-state index contributed by atoms with van der Waals surface area (Å²) in [4.78, 5) is 0. The summed E-state index contributed by atoms with van der Waals surface area (Å²) in [6.45, 7) is 2.31. The van der Waals surface area contributed by atoms with Gasteiger partial charge in [0.1, 0.15) is 0 Å². The Morgan fingerprint density at radius 2 is 1.43 bits per heavy atom. The van der Waals surface area contributed by atoms with E-state index in [4.69, 9.17) is 0 Å². The number of para-hydroxylation sites is 1. The van der Waals surface area contributed by atoms with Crippen LogP contribution in [0.4, 0.5) is 0 Å². The van der Waals surface area contributed by atoms with Crippen molar-refractivity contribution in [3.05, 3.63) is 132 Å². The second-order valence-electron chi connectivity index (χ2n) is 12.2. The van der Waals surface area contributed by atoms with E-state index in [2.05, 4.69) is 137 Å². The van der Waals surface area contributed by atoms with Gasteiger partial charge in [-0.15, -0.1) is 22.7 Å². The smallest absolute Gasteiger partial charge is 0.160 e. The van der Waals surface area contributed by atoms with Crippen molar-refractivity contribution in [2.75, 3.05) is 0 Å². The Morgan fingerprint density at radius 1 is 0.727 bits per heavy atom. The molecule has 3 atom stereocenters. The van der Waals surface area contributed by atoms with E-state index in [-0.39, 0.29) is 12.3 Å².